The molecule has 0 N–H and O–H groups in total. The highest BCUT2D eigenvalue weighted by atomic mass is 32.2. The molecule has 1 aromatic heterocycles. The number of hydrogen-bond acceptors (Lipinski definition) is 4. The molecule has 2 aliphatic rings. The summed E-state index contributed by atoms with van der Waals surface area (Å²) >= 11 is 0. The van der Waals surface area contributed by atoms with Crippen LogP contribution in [0, 0.1) is 13.8 Å². The molecule has 1 saturated heterocycles. The van der Waals surface area contributed by atoms with E-state index >= 15 is 0 Å². The van der Waals surface area contributed by atoms with Gasteiger partial charge in [-0.1, -0.05) is 37.5 Å². The molecule has 1 saturated carbocycles. The van der Waals surface area contributed by atoms with Gasteiger partial charge in [-0.05, 0) is 38.8 Å². The summed E-state index contributed by atoms with van der Waals surface area (Å²) in [6.07, 6.45) is 6.47. The standard InChI is InChI=1S/C21H30N4O2S/c1-17-21(18(2)25(22-17)20-11-7-4-8-12-20)28(26,27)24-15-13-23(14-16-24)19-9-5-3-6-10-19/h4,7-8,11-12,19H,3,5-6,9-10,13-16H2,1-2H3. The lowest BCUT2D eigenvalue weighted by molar-refractivity contribution is 0.111. The Morgan fingerprint density at radius 3 is 2.21 bits per heavy atom. The summed E-state index contributed by atoms with van der Waals surface area (Å²) in [5.41, 5.74) is 2.13. The molecule has 2 heterocycles. The first-order chi connectivity index (χ1) is 13.5. The third-order valence-electron chi connectivity index (χ3n) is 6.19. The molecule has 2 fully saturated rings. The maximum absolute atomic E-state index is 13.4. The Morgan fingerprint density at radius 1 is 0.929 bits per heavy atom. The molecule has 0 spiro atoms. The SMILES string of the molecule is Cc1nn(-c2ccccc2)c(C)c1S(=O)(=O)N1CCN(C2CCCCC2)CC1. The fourth-order valence-electron chi connectivity index (χ4n) is 4.71. The minimum Gasteiger partial charge on any atom is -0.298 e. The smallest absolute Gasteiger partial charge is 0.246 e. The van der Waals surface area contributed by atoms with Gasteiger partial charge in [-0.15, -0.1) is 0 Å². The van der Waals surface area contributed by atoms with Gasteiger partial charge in [0.1, 0.15) is 4.90 Å². The summed E-state index contributed by atoms with van der Waals surface area (Å²) in [6, 6.07) is 10.3. The zero-order valence-corrected chi connectivity index (χ0v) is 17.7. The summed E-state index contributed by atoms with van der Waals surface area (Å²) in [5.74, 6) is 0. The average Bonchev–Trinajstić information content (AvgIpc) is 3.04. The second kappa shape index (κ2) is 7.97. The van der Waals surface area contributed by atoms with Crippen molar-refractivity contribution in [2.24, 2.45) is 0 Å². The number of benzene rings is 1. The molecule has 0 radical (unpaired) electrons. The van der Waals surface area contributed by atoms with Gasteiger partial charge in [-0.3, -0.25) is 4.90 Å². The van der Waals surface area contributed by atoms with Crippen LogP contribution >= 0.6 is 0 Å². The average molecular weight is 403 g/mol. The molecular formula is C21H30N4O2S. The van der Waals surface area contributed by atoms with Crippen molar-refractivity contribution in [3.05, 3.63) is 41.7 Å². The number of nitrogens with zero attached hydrogens (tertiary/aromatic N) is 4. The number of sulfonamides is 1. The highest BCUT2D eigenvalue weighted by molar-refractivity contribution is 7.89. The summed E-state index contributed by atoms with van der Waals surface area (Å²) in [7, 11) is -3.54. The van der Waals surface area contributed by atoms with Crippen molar-refractivity contribution in [2.75, 3.05) is 26.2 Å². The van der Waals surface area contributed by atoms with Gasteiger partial charge in [0.05, 0.1) is 17.1 Å². The zero-order chi connectivity index (χ0) is 19.7. The van der Waals surface area contributed by atoms with E-state index in [1.165, 1.54) is 32.1 Å². The molecule has 7 heteroatoms. The van der Waals surface area contributed by atoms with Crippen LogP contribution in [0.4, 0.5) is 0 Å². The number of piperazine rings is 1. The van der Waals surface area contributed by atoms with Gasteiger partial charge >= 0.3 is 0 Å². The first-order valence-electron chi connectivity index (χ1n) is 10.3. The molecule has 1 aromatic carbocycles. The van der Waals surface area contributed by atoms with Crippen LogP contribution in [0.5, 0.6) is 0 Å². The monoisotopic (exact) mass is 402 g/mol. The van der Waals surface area contributed by atoms with Crippen molar-refractivity contribution >= 4 is 10.0 Å². The van der Waals surface area contributed by atoms with Crippen LogP contribution in [0.2, 0.25) is 0 Å². The molecular weight excluding hydrogens is 372 g/mol. The van der Waals surface area contributed by atoms with Crippen LogP contribution in [-0.4, -0.2) is 59.6 Å². The Kier molecular flexibility index (Phi) is 5.58. The minimum absolute atomic E-state index is 0.363. The molecule has 1 aliphatic heterocycles. The third-order valence-corrected chi connectivity index (χ3v) is 8.34. The molecule has 2 aromatic rings. The molecule has 0 atom stereocenters. The summed E-state index contributed by atoms with van der Waals surface area (Å²) in [5, 5.41) is 4.53. The van der Waals surface area contributed by atoms with Crippen molar-refractivity contribution < 1.29 is 8.42 Å². The number of para-hydroxylation sites is 1. The molecule has 1 aliphatic carbocycles. The first-order valence-corrected chi connectivity index (χ1v) is 11.8. The number of aromatic nitrogens is 2. The Bertz CT molecular complexity index is 909. The normalized spacial score (nSPS) is 20.5. The largest absolute Gasteiger partial charge is 0.298 e. The quantitative estimate of drug-likeness (QED) is 0.788. The van der Waals surface area contributed by atoms with E-state index in [0.717, 1.165) is 18.8 Å². The molecule has 0 bridgehead atoms. The highest BCUT2D eigenvalue weighted by Gasteiger charge is 2.35. The highest BCUT2D eigenvalue weighted by Crippen LogP contribution is 2.28. The summed E-state index contributed by atoms with van der Waals surface area (Å²) in [4.78, 5) is 2.86. The van der Waals surface area contributed by atoms with Crippen LogP contribution in [-0.2, 0) is 10.0 Å². The molecule has 152 valence electrons. The topological polar surface area (TPSA) is 58.4 Å². The summed E-state index contributed by atoms with van der Waals surface area (Å²) in [6.45, 7) is 6.42. The van der Waals surface area contributed by atoms with Gasteiger partial charge in [-0.25, -0.2) is 13.1 Å². The van der Waals surface area contributed by atoms with Crippen molar-refractivity contribution in [3.8, 4) is 5.69 Å². The molecule has 0 unspecified atom stereocenters. The van der Waals surface area contributed by atoms with Gasteiger partial charge in [-0.2, -0.15) is 9.40 Å². The fourth-order valence-corrected chi connectivity index (χ4v) is 6.48. The van der Waals surface area contributed by atoms with Gasteiger partial charge < -0.3 is 0 Å². The van der Waals surface area contributed by atoms with Gasteiger partial charge in [0.2, 0.25) is 10.0 Å². The first kappa shape index (κ1) is 19.6. The van der Waals surface area contributed by atoms with E-state index in [9.17, 15) is 8.42 Å². The van der Waals surface area contributed by atoms with Crippen LogP contribution in [0.25, 0.3) is 5.69 Å². The lowest BCUT2D eigenvalue weighted by atomic mass is 9.94. The van der Waals surface area contributed by atoms with E-state index in [1.807, 2.05) is 37.3 Å². The van der Waals surface area contributed by atoms with Crippen molar-refractivity contribution in [1.29, 1.82) is 0 Å². The third kappa shape index (κ3) is 3.63. The number of hydrogen-bond donors (Lipinski definition) is 0. The molecule has 0 amide bonds. The second-order valence-electron chi connectivity index (χ2n) is 7.98. The Morgan fingerprint density at radius 2 is 1.57 bits per heavy atom. The van der Waals surface area contributed by atoms with Crippen LogP contribution < -0.4 is 0 Å². The maximum Gasteiger partial charge on any atom is 0.246 e. The minimum atomic E-state index is -3.54. The van der Waals surface area contributed by atoms with Crippen molar-refractivity contribution in [3.63, 3.8) is 0 Å². The number of rotatable bonds is 4. The molecule has 4 rings (SSSR count). The zero-order valence-electron chi connectivity index (χ0n) is 16.8. The van der Waals surface area contributed by atoms with E-state index in [1.54, 1.807) is 15.9 Å². The number of aryl methyl sites for hydroxylation is 1. The lowest BCUT2D eigenvalue weighted by Gasteiger charge is -2.40. The van der Waals surface area contributed by atoms with E-state index in [2.05, 4.69) is 10.00 Å². The lowest BCUT2D eigenvalue weighted by Crippen LogP contribution is -2.52. The predicted molar refractivity (Wildman–Crippen MR) is 110 cm³/mol. The van der Waals surface area contributed by atoms with Gasteiger partial charge in [0.25, 0.3) is 0 Å². The van der Waals surface area contributed by atoms with Crippen LogP contribution in [0.3, 0.4) is 0 Å². The summed E-state index contributed by atoms with van der Waals surface area (Å²) < 4.78 is 30.2. The van der Waals surface area contributed by atoms with Crippen LogP contribution in [0.15, 0.2) is 35.2 Å². The molecule has 28 heavy (non-hydrogen) atoms. The fraction of sp³-hybridized carbons (Fsp3) is 0.571. The van der Waals surface area contributed by atoms with Crippen molar-refractivity contribution in [1.82, 2.24) is 19.0 Å². The Balaban J connectivity index is 1.54. The van der Waals surface area contributed by atoms with Gasteiger partial charge in [0.15, 0.2) is 0 Å². The predicted octanol–water partition coefficient (Wildman–Crippen LogP) is 3.13. The van der Waals surface area contributed by atoms with E-state index in [-0.39, 0.29) is 0 Å². The Labute approximate surface area is 168 Å². The van der Waals surface area contributed by atoms with E-state index in [4.69, 9.17) is 0 Å². The Hall–Kier alpha value is -1.70. The maximum atomic E-state index is 13.4. The van der Waals surface area contributed by atoms with Gasteiger partial charge in [0, 0.05) is 32.2 Å². The van der Waals surface area contributed by atoms with E-state index < -0.39 is 10.0 Å². The molecule has 6 nitrogen and oxygen atoms in total. The van der Waals surface area contributed by atoms with E-state index in [0.29, 0.717) is 35.4 Å². The van der Waals surface area contributed by atoms with Crippen LogP contribution in [0.1, 0.15) is 43.5 Å². The van der Waals surface area contributed by atoms with Crippen molar-refractivity contribution in [2.45, 2.75) is 56.9 Å². The second-order valence-corrected chi connectivity index (χ2v) is 9.85.